The van der Waals surface area contributed by atoms with E-state index in [9.17, 15) is 4.79 Å². The van der Waals surface area contributed by atoms with Crippen LogP contribution in [0.1, 0.15) is 42.9 Å². The number of rotatable bonds is 7. The molecule has 3 heteroatoms. The molecule has 2 rings (SSSR count). The van der Waals surface area contributed by atoms with Crippen LogP contribution in [0.3, 0.4) is 0 Å². The van der Waals surface area contributed by atoms with Gasteiger partial charge in [-0.1, -0.05) is 62.4 Å². The Bertz CT molecular complexity index is 637. The van der Waals surface area contributed by atoms with Gasteiger partial charge in [0.05, 0.1) is 0 Å². The Hall–Kier alpha value is -1.74. The maximum atomic E-state index is 12.2. The van der Waals surface area contributed by atoms with Crippen molar-refractivity contribution >= 4 is 23.4 Å². The summed E-state index contributed by atoms with van der Waals surface area (Å²) in [6, 6.07) is 16.6. The summed E-state index contributed by atoms with van der Waals surface area (Å²) < 4.78 is 0. The van der Waals surface area contributed by atoms with Gasteiger partial charge in [-0.25, -0.2) is 0 Å². The summed E-state index contributed by atoms with van der Waals surface area (Å²) in [4.78, 5) is 12.2. The van der Waals surface area contributed by atoms with Crippen molar-refractivity contribution in [1.82, 2.24) is 0 Å². The summed E-state index contributed by atoms with van der Waals surface area (Å²) in [5.41, 5.74) is 4.62. The molecule has 0 aromatic heterocycles. The zero-order chi connectivity index (χ0) is 16.7. The third kappa shape index (κ3) is 5.43. The summed E-state index contributed by atoms with van der Waals surface area (Å²) in [6.07, 6.45) is 0.545. The van der Waals surface area contributed by atoms with Gasteiger partial charge in [-0.15, -0.1) is 0 Å². The molecule has 1 amide bonds. The Morgan fingerprint density at radius 1 is 1.09 bits per heavy atom. The molecule has 0 saturated carbocycles. The first-order valence-corrected chi connectivity index (χ1v) is 9.24. The van der Waals surface area contributed by atoms with Gasteiger partial charge in [0, 0.05) is 23.6 Å². The molecule has 0 aliphatic rings. The number of thioether (sulfide) groups is 1. The number of para-hydroxylation sites is 1. The van der Waals surface area contributed by atoms with Gasteiger partial charge < -0.3 is 5.32 Å². The standard InChI is InChI=1S/C20H25NOS/c1-15(2)18-11-7-8-16(3)20(18)21-19(22)12-13-23-14-17-9-5-4-6-10-17/h4-11,15H,12-14H2,1-3H3,(H,21,22). The van der Waals surface area contributed by atoms with Crippen LogP contribution < -0.4 is 5.32 Å². The first kappa shape index (κ1) is 17.6. The lowest BCUT2D eigenvalue weighted by molar-refractivity contribution is -0.115. The molecular weight excluding hydrogens is 302 g/mol. The maximum absolute atomic E-state index is 12.2. The lowest BCUT2D eigenvalue weighted by Gasteiger charge is -2.16. The molecule has 0 heterocycles. The highest BCUT2D eigenvalue weighted by Crippen LogP contribution is 2.27. The summed E-state index contributed by atoms with van der Waals surface area (Å²) >= 11 is 1.80. The third-order valence-electron chi connectivity index (χ3n) is 3.78. The zero-order valence-electron chi connectivity index (χ0n) is 14.1. The number of benzene rings is 2. The van der Waals surface area contributed by atoms with Crippen molar-refractivity contribution in [2.45, 2.75) is 38.9 Å². The van der Waals surface area contributed by atoms with Gasteiger partial charge >= 0.3 is 0 Å². The number of amides is 1. The van der Waals surface area contributed by atoms with Crippen molar-refractivity contribution in [2.75, 3.05) is 11.1 Å². The summed E-state index contributed by atoms with van der Waals surface area (Å²) in [5, 5.41) is 3.11. The second-order valence-corrected chi connectivity index (χ2v) is 7.14. The van der Waals surface area contributed by atoms with E-state index in [0.717, 1.165) is 22.8 Å². The third-order valence-corrected chi connectivity index (χ3v) is 4.81. The molecule has 0 bridgehead atoms. The Balaban J connectivity index is 1.83. The smallest absolute Gasteiger partial charge is 0.225 e. The van der Waals surface area contributed by atoms with Crippen molar-refractivity contribution < 1.29 is 4.79 Å². The first-order valence-electron chi connectivity index (χ1n) is 8.09. The molecule has 0 saturated heterocycles. The molecule has 0 aliphatic heterocycles. The van der Waals surface area contributed by atoms with E-state index in [1.54, 1.807) is 11.8 Å². The van der Waals surface area contributed by atoms with Crippen LogP contribution in [0.2, 0.25) is 0 Å². The Kier molecular flexibility index (Phi) is 6.72. The van der Waals surface area contributed by atoms with Gasteiger partial charge in [0.25, 0.3) is 0 Å². The minimum absolute atomic E-state index is 0.0989. The summed E-state index contributed by atoms with van der Waals surface area (Å²) in [5.74, 6) is 2.29. The molecule has 1 N–H and O–H groups in total. The second kappa shape index (κ2) is 8.78. The predicted molar refractivity (Wildman–Crippen MR) is 101 cm³/mol. The molecular formula is C20H25NOS. The van der Waals surface area contributed by atoms with E-state index in [2.05, 4.69) is 43.4 Å². The maximum Gasteiger partial charge on any atom is 0.225 e. The van der Waals surface area contributed by atoms with Gasteiger partial charge in [0.15, 0.2) is 0 Å². The molecule has 0 aliphatic carbocycles. The fourth-order valence-electron chi connectivity index (χ4n) is 2.47. The van der Waals surface area contributed by atoms with E-state index >= 15 is 0 Å². The number of nitrogens with one attached hydrogen (secondary N) is 1. The van der Waals surface area contributed by atoms with Crippen LogP contribution in [0, 0.1) is 6.92 Å². The van der Waals surface area contributed by atoms with E-state index in [1.807, 2.05) is 31.2 Å². The number of carbonyl (C=O) groups is 1. The van der Waals surface area contributed by atoms with Crippen LogP contribution in [0.25, 0.3) is 0 Å². The Morgan fingerprint density at radius 2 is 1.83 bits per heavy atom. The van der Waals surface area contributed by atoms with E-state index in [-0.39, 0.29) is 5.91 Å². The van der Waals surface area contributed by atoms with Crippen molar-refractivity contribution in [1.29, 1.82) is 0 Å². The number of anilines is 1. The topological polar surface area (TPSA) is 29.1 Å². The van der Waals surface area contributed by atoms with Crippen LogP contribution in [0.15, 0.2) is 48.5 Å². The zero-order valence-corrected chi connectivity index (χ0v) is 15.0. The van der Waals surface area contributed by atoms with Crippen LogP contribution in [-0.4, -0.2) is 11.7 Å². The molecule has 122 valence electrons. The largest absolute Gasteiger partial charge is 0.326 e. The Labute approximate surface area is 143 Å². The van der Waals surface area contributed by atoms with E-state index in [4.69, 9.17) is 0 Å². The van der Waals surface area contributed by atoms with Gasteiger partial charge in [-0.3, -0.25) is 4.79 Å². The van der Waals surface area contributed by atoms with E-state index in [1.165, 1.54) is 11.1 Å². The highest BCUT2D eigenvalue weighted by Gasteiger charge is 2.11. The highest BCUT2D eigenvalue weighted by molar-refractivity contribution is 7.98. The monoisotopic (exact) mass is 327 g/mol. The highest BCUT2D eigenvalue weighted by atomic mass is 32.2. The van der Waals surface area contributed by atoms with E-state index < -0.39 is 0 Å². The molecule has 0 atom stereocenters. The number of aryl methyl sites for hydroxylation is 1. The van der Waals surface area contributed by atoms with Crippen molar-refractivity contribution in [3.63, 3.8) is 0 Å². The normalized spacial score (nSPS) is 10.8. The predicted octanol–water partition coefficient (Wildman–Crippen LogP) is 5.38. The molecule has 0 spiro atoms. The van der Waals surface area contributed by atoms with Crippen molar-refractivity contribution in [3.8, 4) is 0 Å². The fraction of sp³-hybridized carbons (Fsp3) is 0.350. The minimum Gasteiger partial charge on any atom is -0.326 e. The summed E-state index contributed by atoms with van der Waals surface area (Å²) in [6.45, 7) is 6.35. The van der Waals surface area contributed by atoms with Gasteiger partial charge in [-0.2, -0.15) is 11.8 Å². The lowest BCUT2D eigenvalue weighted by Crippen LogP contribution is -2.15. The number of carbonyl (C=O) groups excluding carboxylic acids is 1. The quantitative estimate of drug-likeness (QED) is 0.692. The van der Waals surface area contributed by atoms with E-state index in [0.29, 0.717) is 12.3 Å². The average Bonchev–Trinajstić information content (AvgIpc) is 2.54. The van der Waals surface area contributed by atoms with Gasteiger partial charge in [0.1, 0.15) is 0 Å². The molecule has 0 radical (unpaired) electrons. The minimum atomic E-state index is 0.0989. The molecule has 2 aromatic rings. The fourth-order valence-corrected chi connectivity index (χ4v) is 3.38. The summed E-state index contributed by atoms with van der Waals surface area (Å²) in [7, 11) is 0. The van der Waals surface area contributed by atoms with Crippen molar-refractivity contribution in [3.05, 3.63) is 65.2 Å². The number of hydrogen-bond acceptors (Lipinski definition) is 2. The SMILES string of the molecule is Cc1cccc(C(C)C)c1NC(=O)CCSCc1ccccc1. The lowest BCUT2D eigenvalue weighted by atomic mass is 9.98. The van der Waals surface area contributed by atoms with Crippen LogP contribution in [-0.2, 0) is 10.5 Å². The van der Waals surface area contributed by atoms with Crippen LogP contribution in [0.5, 0.6) is 0 Å². The molecule has 23 heavy (non-hydrogen) atoms. The number of hydrogen-bond donors (Lipinski definition) is 1. The Morgan fingerprint density at radius 3 is 2.52 bits per heavy atom. The molecule has 0 unspecified atom stereocenters. The van der Waals surface area contributed by atoms with Crippen molar-refractivity contribution in [2.24, 2.45) is 0 Å². The molecule has 2 nitrogen and oxygen atoms in total. The van der Waals surface area contributed by atoms with Crippen LogP contribution in [0.4, 0.5) is 5.69 Å². The molecule has 2 aromatic carbocycles. The molecule has 0 fully saturated rings. The second-order valence-electron chi connectivity index (χ2n) is 6.03. The first-order chi connectivity index (χ1) is 11.1. The van der Waals surface area contributed by atoms with Gasteiger partial charge in [0.2, 0.25) is 5.91 Å². The van der Waals surface area contributed by atoms with Crippen LogP contribution >= 0.6 is 11.8 Å². The average molecular weight is 327 g/mol. The van der Waals surface area contributed by atoms with Gasteiger partial charge in [-0.05, 0) is 29.5 Å².